The lowest BCUT2D eigenvalue weighted by molar-refractivity contribution is -0.149. The van der Waals surface area contributed by atoms with Crippen LogP contribution in [0.3, 0.4) is 0 Å². The molecule has 160 valence electrons. The van der Waals surface area contributed by atoms with Crippen LogP contribution >= 0.6 is 11.6 Å². The van der Waals surface area contributed by atoms with Gasteiger partial charge in [0.1, 0.15) is 11.5 Å². The second-order valence-electron chi connectivity index (χ2n) is 7.68. The van der Waals surface area contributed by atoms with Crippen LogP contribution in [0.4, 0.5) is 5.69 Å². The molecule has 0 amide bonds. The number of allylic oxidation sites excluding steroid dienone is 2. The third-order valence-corrected chi connectivity index (χ3v) is 4.98. The van der Waals surface area contributed by atoms with Gasteiger partial charge in [-0.2, -0.15) is 0 Å². The zero-order valence-electron chi connectivity index (χ0n) is 17.8. The first-order valence-electron chi connectivity index (χ1n) is 10.2. The first kappa shape index (κ1) is 21.6. The van der Waals surface area contributed by atoms with Crippen LogP contribution in [0.5, 0.6) is 0 Å². The Balaban J connectivity index is 1.64. The van der Waals surface area contributed by atoms with E-state index in [1.54, 1.807) is 42.6 Å². The van der Waals surface area contributed by atoms with E-state index in [9.17, 15) is 4.79 Å². The van der Waals surface area contributed by atoms with Gasteiger partial charge in [-0.1, -0.05) is 72.3 Å². The van der Waals surface area contributed by atoms with E-state index < -0.39 is 5.79 Å². The summed E-state index contributed by atoms with van der Waals surface area (Å²) >= 11 is 6.15. The van der Waals surface area contributed by atoms with Crippen molar-refractivity contribution in [1.82, 2.24) is 0 Å². The summed E-state index contributed by atoms with van der Waals surface area (Å²) in [5.74, 6) is 0.359. The molecule has 0 N–H and O–H groups in total. The second-order valence-corrected chi connectivity index (χ2v) is 8.12. The number of ether oxygens (including phenoxy) is 2. The molecule has 0 fully saturated rings. The molecule has 0 saturated carbocycles. The summed E-state index contributed by atoms with van der Waals surface area (Å²) in [5, 5.41) is 0.478. The standard InChI is InChI=1S/C27H22ClNO3/c1-27(2)31-22(18-25(32-27)19-9-5-3-6-10-19)15-16-29-24-14-13-21(28)17-23(24)26(30)20-11-7-4-8-12-20/h3-18H,1-2H3/b22-15-,29-16?. The van der Waals surface area contributed by atoms with Crippen molar-refractivity contribution < 1.29 is 14.3 Å². The first-order chi connectivity index (χ1) is 15.4. The Hall–Kier alpha value is -3.63. The van der Waals surface area contributed by atoms with Crippen molar-refractivity contribution in [3.8, 4) is 0 Å². The molecule has 4 rings (SSSR count). The van der Waals surface area contributed by atoms with Gasteiger partial charge >= 0.3 is 0 Å². The Morgan fingerprint density at radius 2 is 1.62 bits per heavy atom. The summed E-state index contributed by atoms with van der Waals surface area (Å²) in [4.78, 5) is 17.5. The quantitative estimate of drug-likeness (QED) is 0.315. The van der Waals surface area contributed by atoms with Crippen LogP contribution in [0, 0.1) is 0 Å². The number of halogens is 1. The molecule has 1 aliphatic heterocycles. The number of carbonyl (C=O) groups excluding carboxylic acids is 1. The average Bonchev–Trinajstić information content (AvgIpc) is 2.79. The number of ketones is 1. The van der Waals surface area contributed by atoms with E-state index in [1.807, 2.05) is 68.5 Å². The number of rotatable bonds is 5. The molecule has 0 unspecified atom stereocenters. The van der Waals surface area contributed by atoms with Crippen molar-refractivity contribution in [1.29, 1.82) is 0 Å². The Morgan fingerprint density at radius 3 is 2.34 bits per heavy atom. The largest absolute Gasteiger partial charge is 0.453 e. The number of benzene rings is 3. The van der Waals surface area contributed by atoms with Crippen molar-refractivity contribution in [2.75, 3.05) is 0 Å². The SMILES string of the molecule is CC1(C)OC(c2ccccc2)=C/C(=C/C=Nc2ccc(Cl)cc2C(=O)c2ccccc2)O1. The van der Waals surface area contributed by atoms with Crippen LogP contribution in [0.1, 0.15) is 35.3 Å². The van der Waals surface area contributed by atoms with Gasteiger partial charge in [-0.05, 0) is 24.3 Å². The molecule has 32 heavy (non-hydrogen) atoms. The van der Waals surface area contributed by atoms with Gasteiger partial charge in [0.25, 0.3) is 0 Å². The fourth-order valence-electron chi connectivity index (χ4n) is 3.32. The maximum absolute atomic E-state index is 13.0. The Bertz CT molecular complexity index is 1210. The molecule has 1 aliphatic rings. The van der Waals surface area contributed by atoms with Crippen LogP contribution in [0.25, 0.3) is 5.76 Å². The van der Waals surface area contributed by atoms with E-state index >= 15 is 0 Å². The summed E-state index contributed by atoms with van der Waals surface area (Å²) in [6, 6.07) is 24.0. The van der Waals surface area contributed by atoms with Gasteiger partial charge in [-0.15, -0.1) is 0 Å². The van der Waals surface area contributed by atoms with E-state index in [0.29, 0.717) is 33.4 Å². The van der Waals surface area contributed by atoms with Gasteiger partial charge in [-0.3, -0.25) is 9.79 Å². The summed E-state index contributed by atoms with van der Waals surface area (Å²) in [5.41, 5.74) is 2.50. The van der Waals surface area contributed by atoms with E-state index in [4.69, 9.17) is 21.1 Å². The minimum absolute atomic E-state index is 0.136. The van der Waals surface area contributed by atoms with Gasteiger partial charge in [0, 0.05) is 47.9 Å². The predicted molar refractivity (Wildman–Crippen MR) is 128 cm³/mol. The molecule has 0 radical (unpaired) electrons. The lowest BCUT2D eigenvalue weighted by atomic mass is 10.0. The minimum Gasteiger partial charge on any atom is -0.453 e. The topological polar surface area (TPSA) is 47.9 Å². The molecule has 3 aromatic carbocycles. The molecule has 4 nitrogen and oxygen atoms in total. The summed E-state index contributed by atoms with van der Waals surface area (Å²) in [7, 11) is 0. The van der Waals surface area contributed by atoms with Crippen molar-refractivity contribution in [2.24, 2.45) is 4.99 Å². The molecule has 1 heterocycles. The van der Waals surface area contributed by atoms with Gasteiger partial charge < -0.3 is 9.47 Å². The van der Waals surface area contributed by atoms with Crippen LogP contribution < -0.4 is 0 Å². The lowest BCUT2D eigenvalue weighted by Gasteiger charge is -2.33. The molecule has 0 spiro atoms. The zero-order chi connectivity index (χ0) is 22.6. The van der Waals surface area contributed by atoms with Crippen LogP contribution in [0.2, 0.25) is 5.02 Å². The smallest absolute Gasteiger partial charge is 0.245 e. The molecule has 0 saturated heterocycles. The molecular formula is C27H22ClNO3. The summed E-state index contributed by atoms with van der Waals surface area (Å²) in [6.07, 6.45) is 5.18. The van der Waals surface area contributed by atoms with Gasteiger partial charge in [0.05, 0.1) is 5.69 Å². The normalized spacial score (nSPS) is 16.3. The molecule has 3 aromatic rings. The molecular weight excluding hydrogens is 422 g/mol. The van der Waals surface area contributed by atoms with E-state index in [1.165, 1.54) is 0 Å². The zero-order valence-corrected chi connectivity index (χ0v) is 18.5. The summed E-state index contributed by atoms with van der Waals surface area (Å²) in [6.45, 7) is 3.70. The Morgan fingerprint density at radius 1 is 0.938 bits per heavy atom. The lowest BCUT2D eigenvalue weighted by Crippen LogP contribution is -2.30. The second kappa shape index (κ2) is 9.25. The highest BCUT2D eigenvalue weighted by atomic mass is 35.5. The highest BCUT2D eigenvalue weighted by molar-refractivity contribution is 6.31. The van der Waals surface area contributed by atoms with E-state index in [2.05, 4.69) is 4.99 Å². The molecule has 5 heteroatoms. The highest BCUT2D eigenvalue weighted by Gasteiger charge is 2.28. The maximum Gasteiger partial charge on any atom is 0.245 e. The number of aliphatic imine (C=N–C) groups is 1. The molecule has 0 bridgehead atoms. The van der Waals surface area contributed by atoms with Gasteiger partial charge in [-0.25, -0.2) is 0 Å². The van der Waals surface area contributed by atoms with Crippen LogP contribution in [-0.4, -0.2) is 17.8 Å². The third kappa shape index (κ3) is 5.16. The van der Waals surface area contributed by atoms with Gasteiger partial charge in [0.15, 0.2) is 5.78 Å². The number of hydrogen-bond acceptors (Lipinski definition) is 4. The number of carbonyl (C=O) groups is 1. The van der Waals surface area contributed by atoms with Gasteiger partial charge in [0.2, 0.25) is 5.79 Å². The van der Waals surface area contributed by atoms with Crippen molar-refractivity contribution in [3.63, 3.8) is 0 Å². The van der Waals surface area contributed by atoms with Crippen molar-refractivity contribution in [2.45, 2.75) is 19.6 Å². The minimum atomic E-state index is -0.825. The molecule has 0 aromatic heterocycles. The third-order valence-electron chi connectivity index (χ3n) is 4.74. The van der Waals surface area contributed by atoms with Crippen LogP contribution in [-0.2, 0) is 9.47 Å². The number of hydrogen-bond donors (Lipinski definition) is 0. The highest BCUT2D eigenvalue weighted by Crippen LogP contribution is 2.32. The monoisotopic (exact) mass is 443 g/mol. The van der Waals surface area contributed by atoms with E-state index in [-0.39, 0.29) is 5.78 Å². The Kier molecular flexibility index (Phi) is 6.24. The Labute approximate surface area is 192 Å². The average molecular weight is 444 g/mol. The van der Waals surface area contributed by atoms with Crippen LogP contribution in [0.15, 0.2) is 102 Å². The molecule has 0 atom stereocenters. The number of nitrogens with zero attached hydrogens (tertiary/aromatic N) is 1. The van der Waals surface area contributed by atoms with E-state index in [0.717, 1.165) is 5.56 Å². The molecule has 0 aliphatic carbocycles. The fraction of sp³-hybridized carbons (Fsp3) is 0.111. The predicted octanol–water partition coefficient (Wildman–Crippen LogP) is 6.98. The van der Waals surface area contributed by atoms with Crippen molar-refractivity contribution >= 4 is 35.0 Å². The summed E-state index contributed by atoms with van der Waals surface area (Å²) < 4.78 is 11.9. The fourth-order valence-corrected chi connectivity index (χ4v) is 3.50. The first-order valence-corrected chi connectivity index (χ1v) is 10.6. The van der Waals surface area contributed by atoms with Crippen molar-refractivity contribution in [3.05, 3.63) is 118 Å². The maximum atomic E-state index is 13.0.